The molecule has 132 valence electrons. The van der Waals surface area contributed by atoms with Crippen LogP contribution >= 0.6 is 35.0 Å². The van der Waals surface area contributed by atoms with Crippen LogP contribution in [0.15, 0.2) is 47.4 Å². The van der Waals surface area contributed by atoms with Gasteiger partial charge in [0.05, 0.1) is 15.6 Å². The van der Waals surface area contributed by atoms with Crippen molar-refractivity contribution in [1.29, 1.82) is 0 Å². The van der Waals surface area contributed by atoms with Gasteiger partial charge in [0.15, 0.2) is 6.61 Å². The third-order valence-electron chi connectivity index (χ3n) is 3.48. The van der Waals surface area contributed by atoms with Crippen LogP contribution in [-0.4, -0.2) is 36.7 Å². The summed E-state index contributed by atoms with van der Waals surface area (Å²) in [6.45, 7) is 0.0219. The van der Waals surface area contributed by atoms with E-state index < -0.39 is 5.97 Å². The Balaban J connectivity index is 1.92. The predicted molar refractivity (Wildman–Crippen MR) is 101 cm³/mol. The minimum atomic E-state index is -0.513. The number of ether oxygens (including phenoxy) is 1. The van der Waals surface area contributed by atoms with Crippen LogP contribution in [0.1, 0.15) is 15.9 Å². The molecule has 0 spiro atoms. The van der Waals surface area contributed by atoms with Gasteiger partial charge in [0.25, 0.3) is 5.91 Å². The van der Waals surface area contributed by atoms with Crippen LogP contribution in [0, 0.1) is 0 Å². The second kappa shape index (κ2) is 9.13. The molecule has 0 saturated heterocycles. The highest BCUT2D eigenvalue weighted by Gasteiger charge is 2.16. The summed E-state index contributed by atoms with van der Waals surface area (Å²) in [6, 6.07) is 12.3. The van der Waals surface area contributed by atoms with Gasteiger partial charge in [0.2, 0.25) is 0 Å². The van der Waals surface area contributed by atoms with Crippen LogP contribution in [0.3, 0.4) is 0 Å². The third-order valence-corrected chi connectivity index (χ3v) is 5.02. The van der Waals surface area contributed by atoms with E-state index in [4.69, 9.17) is 27.9 Å². The Labute approximate surface area is 161 Å². The summed E-state index contributed by atoms with van der Waals surface area (Å²) in [4.78, 5) is 26.6. The molecule has 25 heavy (non-hydrogen) atoms. The number of esters is 1. The Kier molecular flexibility index (Phi) is 7.17. The summed E-state index contributed by atoms with van der Waals surface area (Å²) in [7, 11) is 1.63. The molecule has 0 bridgehead atoms. The van der Waals surface area contributed by atoms with Crippen molar-refractivity contribution in [3.05, 3.63) is 63.6 Å². The van der Waals surface area contributed by atoms with Crippen LogP contribution in [0.25, 0.3) is 0 Å². The highest BCUT2D eigenvalue weighted by molar-refractivity contribution is 7.98. The zero-order chi connectivity index (χ0) is 18.4. The SMILES string of the molecule is CSc1ccccc1C(=O)OCC(=O)N(C)Cc1ccc(Cl)c(Cl)c1. The molecule has 2 aromatic rings. The smallest absolute Gasteiger partial charge is 0.339 e. The number of carbonyl (C=O) groups excluding carboxylic acids is 2. The van der Waals surface area contributed by atoms with Crippen molar-refractivity contribution in [1.82, 2.24) is 4.90 Å². The minimum absolute atomic E-state index is 0.305. The first-order valence-corrected chi connectivity index (χ1v) is 9.38. The van der Waals surface area contributed by atoms with Crippen molar-refractivity contribution >= 4 is 46.8 Å². The number of carbonyl (C=O) groups is 2. The van der Waals surface area contributed by atoms with Crippen molar-refractivity contribution in [3.8, 4) is 0 Å². The van der Waals surface area contributed by atoms with Gasteiger partial charge in [0, 0.05) is 18.5 Å². The lowest BCUT2D eigenvalue weighted by Crippen LogP contribution is -2.30. The van der Waals surface area contributed by atoms with Crippen LogP contribution < -0.4 is 0 Å². The molecular weight excluding hydrogens is 381 g/mol. The first-order valence-electron chi connectivity index (χ1n) is 7.40. The molecule has 0 atom stereocenters. The number of amides is 1. The second-order valence-corrected chi connectivity index (χ2v) is 6.94. The van der Waals surface area contributed by atoms with Gasteiger partial charge in [-0.15, -0.1) is 11.8 Å². The van der Waals surface area contributed by atoms with E-state index >= 15 is 0 Å². The van der Waals surface area contributed by atoms with Gasteiger partial charge in [-0.2, -0.15) is 0 Å². The van der Waals surface area contributed by atoms with Crippen LogP contribution in [0.5, 0.6) is 0 Å². The summed E-state index contributed by atoms with van der Waals surface area (Å²) < 4.78 is 5.14. The average Bonchev–Trinajstić information content (AvgIpc) is 2.62. The lowest BCUT2D eigenvalue weighted by atomic mass is 10.2. The van der Waals surface area contributed by atoms with Gasteiger partial charge in [-0.25, -0.2) is 4.79 Å². The van der Waals surface area contributed by atoms with E-state index in [2.05, 4.69) is 0 Å². The number of rotatable bonds is 6. The Morgan fingerprint density at radius 3 is 2.52 bits per heavy atom. The first kappa shape index (κ1) is 19.6. The molecule has 0 aliphatic carbocycles. The Hall–Kier alpha value is -1.69. The topological polar surface area (TPSA) is 46.6 Å². The molecular formula is C18H17Cl2NO3S. The van der Waals surface area contributed by atoms with Crippen LogP contribution in [0.2, 0.25) is 10.0 Å². The lowest BCUT2D eigenvalue weighted by Gasteiger charge is -2.17. The van der Waals surface area contributed by atoms with Gasteiger partial charge in [-0.1, -0.05) is 41.4 Å². The highest BCUT2D eigenvalue weighted by atomic mass is 35.5. The van der Waals surface area contributed by atoms with E-state index in [1.54, 1.807) is 37.4 Å². The molecule has 0 aromatic heterocycles. The van der Waals surface area contributed by atoms with E-state index in [1.165, 1.54) is 16.7 Å². The van der Waals surface area contributed by atoms with Crippen LogP contribution in [-0.2, 0) is 16.1 Å². The number of likely N-dealkylation sites (N-methyl/N-ethyl adjacent to an activating group) is 1. The molecule has 0 aliphatic heterocycles. The second-order valence-electron chi connectivity index (χ2n) is 5.27. The molecule has 7 heteroatoms. The molecule has 0 radical (unpaired) electrons. The fraction of sp³-hybridized carbons (Fsp3) is 0.222. The van der Waals surface area contributed by atoms with E-state index in [1.807, 2.05) is 18.4 Å². The van der Waals surface area contributed by atoms with E-state index in [-0.39, 0.29) is 12.5 Å². The highest BCUT2D eigenvalue weighted by Crippen LogP contribution is 2.23. The number of halogens is 2. The Bertz CT molecular complexity index is 783. The fourth-order valence-corrected chi connectivity index (χ4v) is 3.04. The fourth-order valence-electron chi connectivity index (χ4n) is 2.13. The quantitative estimate of drug-likeness (QED) is 0.530. The molecule has 0 aliphatic rings. The monoisotopic (exact) mass is 397 g/mol. The van der Waals surface area contributed by atoms with E-state index in [0.717, 1.165) is 10.5 Å². The molecule has 0 heterocycles. The maximum atomic E-state index is 12.2. The zero-order valence-electron chi connectivity index (χ0n) is 13.8. The molecule has 4 nitrogen and oxygen atoms in total. The standard InChI is InChI=1S/C18H17Cl2NO3S/c1-21(10-12-7-8-14(19)15(20)9-12)17(22)11-24-18(23)13-5-3-4-6-16(13)25-2/h3-9H,10-11H2,1-2H3. The van der Waals surface area contributed by atoms with E-state index in [0.29, 0.717) is 22.2 Å². The predicted octanol–water partition coefficient (Wildman–Crippen LogP) is 4.53. The Morgan fingerprint density at radius 2 is 1.84 bits per heavy atom. The summed E-state index contributed by atoms with van der Waals surface area (Å²) >= 11 is 13.3. The largest absolute Gasteiger partial charge is 0.452 e. The number of hydrogen-bond acceptors (Lipinski definition) is 4. The van der Waals surface area contributed by atoms with Crippen molar-refractivity contribution < 1.29 is 14.3 Å². The van der Waals surface area contributed by atoms with E-state index in [9.17, 15) is 9.59 Å². The number of hydrogen-bond donors (Lipinski definition) is 0. The molecule has 1 amide bonds. The number of thioether (sulfide) groups is 1. The minimum Gasteiger partial charge on any atom is -0.452 e. The summed E-state index contributed by atoms with van der Waals surface area (Å²) in [5, 5.41) is 0.890. The zero-order valence-corrected chi connectivity index (χ0v) is 16.1. The maximum Gasteiger partial charge on any atom is 0.339 e. The third kappa shape index (κ3) is 5.39. The van der Waals surface area contributed by atoms with Crippen molar-refractivity contribution in [3.63, 3.8) is 0 Å². The summed E-state index contributed by atoms with van der Waals surface area (Å²) in [5.74, 6) is -0.817. The maximum absolute atomic E-state index is 12.2. The Morgan fingerprint density at radius 1 is 1.12 bits per heavy atom. The molecule has 2 aromatic carbocycles. The van der Waals surface area contributed by atoms with Crippen molar-refractivity contribution in [2.45, 2.75) is 11.4 Å². The number of nitrogens with zero attached hydrogens (tertiary/aromatic N) is 1. The van der Waals surface area contributed by atoms with Gasteiger partial charge in [0.1, 0.15) is 0 Å². The van der Waals surface area contributed by atoms with Gasteiger partial charge >= 0.3 is 5.97 Å². The van der Waals surface area contributed by atoms with Gasteiger partial charge in [-0.05, 0) is 36.1 Å². The lowest BCUT2D eigenvalue weighted by molar-refractivity contribution is -0.133. The van der Waals surface area contributed by atoms with Crippen molar-refractivity contribution in [2.24, 2.45) is 0 Å². The first-order chi connectivity index (χ1) is 11.9. The van der Waals surface area contributed by atoms with Crippen molar-refractivity contribution in [2.75, 3.05) is 19.9 Å². The normalized spacial score (nSPS) is 10.4. The molecule has 0 N–H and O–H groups in total. The summed E-state index contributed by atoms with van der Waals surface area (Å²) in [6.07, 6.45) is 1.88. The molecule has 0 unspecified atom stereocenters. The average molecular weight is 398 g/mol. The van der Waals surface area contributed by atoms with Crippen LogP contribution in [0.4, 0.5) is 0 Å². The number of benzene rings is 2. The molecule has 0 fully saturated rings. The summed E-state index contributed by atoms with van der Waals surface area (Å²) in [5.41, 5.74) is 1.29. The molecule has 2 rings (SSSR count). The van der Waals surface area contributed by atoms with Gasteiger partial charge in [-0.3, -0.25) is 4.79 Å². The van der Waals surface area contributed by atoms with Gasteiger partial charge < -0.3 is 9.64 Å². The molecule has 0 saturated carbocycles.